The molecule has 1 aromatic heterocycles. The SMILES string of the molecule is COC1CCN(C(=O)c2ccc3nc(N)sc3c2)CC1. The van der Waals surface area contributed by atoms with Gasteiger partial charge in [-0.3, -0.25) is 4.79 Å². The summed E-state index contributed by atoms with van der Waals surface area (Å²) >= 11 is 1.41. The van der Waals surface area contributed by atoms with E-state index >= 15 is 0 Å². The van der Waals surface area contributed by atoms with E-state index in [1.54, 1.807) is 7.11 Å². The molecule has 0 unspecified atom stereocenters. The predicted molar refractivity (Wildman–Crippen MR) is 80.0 cm³/mol. The molecule has 0 bridgehead atoms. The van der Waals surface area contributed by atoms with E-state index in [9.17, 15) is 4.79 Å². The van der Waals surface area contributed by atoms with Crippen LogP contribution in [0.2, 0.25) is 0 Å². The topological polar surface area (TPSA) is 68.5 Å². The van der Waals surface area contributed by atoms with Crippen molar-refractivity contribution in [3.8, 4) is 0 Å². The number of thiazole rings is 1. The maximum Gasteiger partial charge on any atom is 0.253 e. The normalized spacial score (nSPS) is 16.8. The van der Waals surface area contributed by atoms with Crippen molar-refractivity contribution in [1.29, 1.82) is 0 Å². The van der Waals surface area contributed by atoms with E-state index in [0.717, 1.165) is 36.1 Å². The van der Waals surface area contributed by atoms with Crippen LogP contribution in [0, 0.1) is 0 Å². The van der Waals surface area contributed by atoms with Crippen LogP contribution in [-0.4, -0.2) is 42.1 Å². The van der Waals surface area contributed by atoms with Gasteiger partial charge in [-0.15, -0.1) is 0 Å². The molecule has 1 aliphatic heterocycles. The van der Waals surface area contributed by atoms with Crippen LogP contribution in [0.4, 0.5) is 5.13 Å². The number of hydrogen-bond acceptors (Lipinski definition) is 5. The highest BCUT2D eigenvalue weighted by Crippen LogP contribution is 2.25. The van der Waals surface area contributed by atoms with E-state index in [2.05, 4.69) is 4.98 Å². The van der Waals surface area contributed by atoms with Crippen molar-refractivity contribution < 1.29 is 9.53 Å². The van der Waals surface area contributed by atoms with Gasteiger partial charge in [0.2, 0.25) is 0 Å². The number of rotatable bonds is 2. The predicted octanol–water partition coefficient (Wildman–Crippen LogP) is 2.13. The van der Waals surface area contributed by atoms with Crippen molar-refractivity contribution in [2.24, 2.45) is 0 Å². The van der Waals surface area contributed by atoms with E-state index < -0.39 is 0 Å². The number of carbonyl (C=O) groups excluding carboxylic acids is 1. The first kappa shape index (κ1) is 13.3. The average Bonchev–Trinajstić information content (AvgIpc) is 2.85. The van der Waals surface area contributed by atoms with Crippen LogP contribution in [0.1, 0.15) is 23.2 Å². The molecule has 0 spiro atoms. The van der Waals surface area contributed by atoms with Crippen molar-refractivity contribution in [3.05, 3.63) is 23.8 Å². The molecule has 2 N–H and O–H groups in total. The zero-order valence-electron chi connectivity index (χ0n) is 11.3. The zero-order valence-corrected chi connectivity index (χ0v) is 12.2. The van der Waals surface area contributed by atoms with Crippen molar-refractivity contribution in [2.75, 3.05) is 25.9 Å². The summed E-state index contributed by atoms with van der Waals surface area (Å²) in [6, 6.07) is 5.57. The fourth-order valence-electron chi connectivity index (χ4n) is 2.55. The summed E-state index contributed by atoms with van der Waals surface area (Å²) in [5, 5.41) is 0.533. The molecular formula is C14H17N3O2S. The first-order valence-electron chi connectivity index (χ1n) is 6.65. The van der Waals surface area contributed by atoms with E-state index in [0.29, 0.717) is 10.7 Å². The minimum absolute atomic E-state index is 0.0772. The van der Waals surface area contributed by atoms with Gasteiger partial charge < -0.3 is 15.4 Å². The van der Waals surface area contributed by atoms with Crippen LogP contribution in [0.25, 0.3) is 10.2 Å². The first-order valence-corrected chi connectivity index (χ1v) is 7.47. The number of ether oxygens (including phenoxy) is 1. The van der Waals surface area contributed by atoms with Gasteiger partial charge in [0.1, 0.15) is 0 Å². The van der Waals surface area contributed by atoms with Gasteiger partial charge >= 0.3 is 0 Å². The van der Waals surface area contributed by atoms with Gasteiger partial charge in [0.15, 0.2) is 5.13 Å². The number of hydrogen-bond donors (Lipinski definition) is 1. The van der Waals surface area contributed by atoms with E-state index in [1.807, 2.05) is 23.1 Å². The monoisotopic (exact) mass is 291 g/mol. The Balaban J connectivity index is 1.78. The molecule has 1 aliphatic rings. The third kappa shape index (κ3) is 2.48. The molecule has 106 valence electrons. The quantitative estimate of drug-likeness (QED) is 0.920. The molecule has 20 heavy (non-hydrogen) atoms. The number of carbonyl (C=O) groups is 1. The summed E-state index contributed by atoms with van der Waals surface area (Å²) in [4.78, 5) is 18.6. The summed E-state index contributed by atoms with van der Waals surface area (Å²) < 4.78 is 6.29. The van der Waals surface area contributed by atoms with Crippen molar-refractivity contribution >= 4 is 32.6 Å². The molecular weight excluding hydrogens is 274 g/mol. The third-order valence-electron chi connectivity index (χ3n) is 3.71. The largest absolute Gasteiger partial charge is 0.381 e. The molecule has 6 heteroatoms. The Morgan fingerprint density at radius 1 is 1.45 bits per heavy atom. The summed E-state index contributed by atoms with van der Waals surface area (Å²) in [7, 11) is 1.73. The number of piperidine rings is 1. The summed E-state index contributed by atoms with van der Waals surface area (Å²) in [5.41, 5.74) is 7.24. The summed E-state index contributed by atoms with van der Waals surface area (Å²) in [5.74, 6) is 0.0772. The first-order chi connectivity index (χ1) is 9.67. The molecule has 0 aliphatic carbocycles. The molecule has 0 saturated carbocycles. The number of amides is 1. The Morgan fingerprint density at radius 3 is 2.90 bits per heavy atom. The highest BCUT2D eigenvalue weighted by Gasteiger charge is 2.23. The van der Waals surface area contributed by atoms with Crippen LogP contribution < -0.4 is 5.73 Å². The second kappa shape index (κ2) is 5.38. The van der Waals surface area contributed by atoms with Gasteiger partial charge in [-0.1, -0.05) is 11.3 Å². The van der Waals surface area contributed by atoms with Crippen LogP contribution in [0.3, 0.4) is 0 Å². The average molecular weight is 291 g/mol. The number of aromatic nitrogens is 1. The molecule has 1 aromatic carbocycles. The third-order valence-corrected chi connectivity index (χ3v) is 4.56. The number of nitrogens with two attached hydrogens (primary N) is 1. The summed E-state index contributed by atoms with van der Waals surface area (Å²) in [6.45, 7) is 1.50. The van der Waals surface area contributed by atoms with Gasteiger partial charge in [-0.25, -0.2) is 4.98 Å². The molecule has 0 atom stereocenters. The molecule has 5 nitrogen and oxygen atoms in total. The van der Waals surface area contributed by atoms with Crippen molar-refractivity contribution in [1.82, 2.24) is 9.88 Å². The Morgan fingerprint density at radius 2 is 2.20 bits per heavy atom. The second-order valence-corrected chi connectivity index (χ2v) is 6.02. The minimum Gasteiger partial charge on any atom is -0.381 e. The van der Waals surface area contributed by atoms with Crippen LogP contribution in [-0.2, 0) is 4.74 Å². The Labute approximate surface area is 121 Å². The van der Waals surface area contributed by atoms with E-state index in [-0.39, 0.29) is 12.0 Å². The Hall–Kier alpha value is -1.66. The number of likely N-dealkylation sites (tertiary alicyclic amines) is 1. The zero-order chi connectivity index (χ0) is 14.1. The van der Waals surface area contributed by atoms with Crippen LogP contribution in [0.5, 0.6) is 0 Å². The Kier molecular flexibility index (Phi) is 3.58. The lowest BCUT2D eigenvalue weighted by Gasteiger charge is -2.31. The fourth-order valence-corrected chi connectivity index (χ4v) is 3.33. The number of nitrogen functional groups attached to an aromatic ring is 1. The molecule has 1 saturated heterocycles. The molecule has 1 amide bonds. The number of methoxy groups -OCH3 is 1. The minimum atomic E-state index is 0.0772. The molecule has 1 fully saturated rings. The number of fused-ring (bicyclic) bond motifs is 1. The van der Waals surface area contributed by atoms with Gasteiger partial charge in [0.25, 0.3) is 5.91 Å². The maximum absolute atomic E-state index is 12.5. The molecule has 2 aromatic rings. The van der Waals surface area contributed by atoms with Crippen LogP contribution >= 0.6 is 11.3 Å². The van der Waals surface area contributed by atoms with E-state index in [1.165, 1.54) is 11.3 Å². The van der Waals surface area contributed by atoms with Gasteiger partial charge in [0.05, 0.1) is 16.3 Å². The second-order valence-electron chi connectivity index (χ2n) is 4.96. The fraction of sp³-hybridized carbons (Fsp3) is 0.429. The lowest BCUT2D eigenvalue weighted by atomic mass is 10.1. The number of benzene rings is 1. The molecule has 0 radical (unpaired) electrons. The standard InChI is InChI=1S/C14H17N3O2S/c1-19-10-4-6-17(7-5-10)13(18)9-2-3-11-12(8-9)20-14(15)16-11/h2-3,8,10H,4-7H2,1H3,(H2,15,16). The highest BCUT2D eigenvalue weighted by molar-refractivity contribution is 7.22. The molecule has 2 heterocycles. The smallest absolute Gasteiger partial charge is 0.253 e. The van der Waals surface area contributed by atoms with Gasteiger partial charge in [0, 0.05) is 25.8 Å². The number of nitrogens with zero attached hydrogens (tertiary/aromatic N) is 2. The maximum atomic E-state index is 12.5. The lowest BCUT2D eigenvalue weighted by Crippen LogP contribution is -2.40. The van der Waals surface area contributed by atoms with Crippen LogP contribution in [0.15, 0.2) is 18.2 Å². The lowest BCUT2D eigenvalue weighted by molar-refractivity contribution is 0.0351. The van der Waals surface area contributed by atoms with Gasteiger partial charge in [-0.2, -0.15) is 0 Å². The molecule has 3 rings (SSSR count). The number of anilines is 1. The summed E-state index contributed by atoms with van der Waals surface area (Å²) in [6.07, 6.45) is 2.08. The van der Waals surface area contributed by atoms with Crippen molar-refractivity contribution in [3.63, 3.8) is 0 Å². The van der Waals surface area contributed by atoms with E-state index in [4.69, 9.17) is 10.5 Å². The van der Waals surface area contributed by atoms with Gasteiger partial charge in [-0.05, 0) is 31.0 Å². The highest BCUT2D eigenvalue weighted by atomic mass is 32.1. The Bertz CT molecular complexity index is 632. The van der Waals surface area contributed by atoms with Crippen molar-refractivity contribution in [2.45, 2.75) is 18.9 Å².